The summed E-state index contributed by atoms with van der Waals surface area (Å²) in [5.74, 6) is -0.380. The molecule has 1 atom stereocenters. The Bertz CT molecular complexity index is 930. The second kappa shape index (κ2) is 7.75. The van der Waals surface area contributed by atoms with Gasteiger partial charge < -0.3 is 9.64 Å². The Labute approximate surface area is 171 Å². The minimum atomic E-state index is -0.412. The van der Waals surface area contributed by atoms with Crippen molar-refractivity contribution in [2.45, 2.75) is 30.8 Å². The Hall–Kier alpha value is -2.67. The van der Waals surface area contributed by atoms with Crippen molar-refractivity contribution in [1.29, 1.82) is 0 Å². The molecule has 0 radical (unpaired) electrons. The molecule has 0 spiro atoms. The molecular formula is C21H19BrN2O4. The van der Waals surface area contributed by atoms with Gasteiger partial charge in [-0.05, 0) is 35.3 Å². The number of imide groups is 1. The normalized spacial score (nSPS) is 21.6. The molecule has 6 nitrogen and oxygen atoms in total. The molecule has 2 aliphatic heterocycles. The second-order valence-electron chi connectivity index (χ2n) is 6.97. The summed E-state index contributed by atoms with van der Waals surface area (Å²) < 4.78 is 5.89. The van der Waals surface area contributed by atoms with Gasteiger partial charge in [-0.3, -0.25) is 19.7 Å². The molecule has 7 heteroatoms. The summed E-state index contributed by atoms with van der Waals surface area (Å²) in [6, 6.07) is 7.57. The third-order valence-corrected chi connectivity index (χ3v) is 5.72. The number of alkyl halides is 1. The number of carbonyl (C=O) groups is 3. The van der Waals surface area contributed by atoms with Gasteiger partial charge in [-0.2, -0.15) is 0 Å². The zero-order valence-electron chi connectivity index (χ0n) is 15.1. The first kappa shape index (κ1) is 18.7. The van der Waals surface area contributed by atoms with E-state index in [9.17, 15) is 14.4 Å². The number of piperidine rings is 1. The van der Waals surface area contributed by atoms with E-state index >= 15 is 0 Å². The van der Waals surface area contributed by atoms with E-state index in [1.54, 1.807) is 6.08 Å². The zero-order valence-corrected chi connectivity index (χ0v) is 16.7. The molecule has 1 fully saturated rings. The van der Waals surface area contributed by atoms with Gasteiger partial charge in [0.2, 0.25) is 17.6 Å². The quantitative estimate of drug-likeness (QED) is 0.559. The lowest BCUT2D eigenvalue weighted by Crippen LogP contribution is -2.50. The van der Waals surface area contributed by atoms with Crippen molar-refractivity contribution in [3.05, 3.63) is 70.6 Å². The Morgan fingerprint density at radius 3 is 2.57 bits per heavy atom. The summed E-state index contributed by atoms with van der Waals surface area (Å²) in [5.41, 5.74) is 3.80. The van der Waals surface area contributed by atoms with Crippen molar-refractivity contribution < 1.29 is 19.1 Å². The maximum Gasteiger partial charge on any atom is 0.249 e. The minimum absolute atomic E-state index is 0.172. The lowest BCUT2D eigenvalue weighted by molar-refractivity contribution is -0.136. The summed E-state index contributed by atoms with van der Waals surface area (Å²) in [7, 11) is 0. The minimum Gasteiger partial charge on any atom is -0.484 e. The van der Waals surface area contributed by atoms with E-state index < -0.39 is 6.04 Å². The van der Waals surface area contributed by atoms with Crippen LogP contribution >= 0.6 is 15.9 Å². The fourth-order valence-electron chi connectivity index (χ4n) is 3.55. The van der Waals surface area contributed by atoms with Crippen LogP contribution in [-0.4, -0.2) is 35.1 Å². The van der Waals surface area contributed by atoms with E-state index in [-0.39, 0.29) is 17.6 Å². The van der Waals surface area contributed by atoms with Crippen LogP contribution < -0.4 is 5.32 Å². The van der Waals surface area contributed by atoms with Gasteiger partial charge in [-0.25, -0.2) is 0 Å². The predicted molar refractivity (Wildman–Crippen MR) is 106 cm³/mol. The Kier molecular flexibility index (Phi) is 5.17. The van der Waals surface area contributed by atoms with E-state index in [0.29, 0.717) is 31.8 Å². The molecule has 1 aliphatic carbocycles. The van der Waals surface area contributed by atoms with Gasteiger partial charge >= 0.3 is 0 Å². The smallest absolute Gasteiger partial charge is 0.249 e. The number of nitrogens with one attached hydrogen (secondary N) is 1. The topological polar surface area (TPSA) is 75.7 Å². The number of hydrogen-bond acceptors (Lipinski definition) is 5. The van der Waals surface area contributed by atoms with Crippen molar-refractivity contribution in [3.8, 4) is 0 Å². The third-order valence-electron chi connectivity index (χ3n) is 5.08. The molecule has 4 rings (SSSR count). The number of benzene rings is 1. The van der Waals surface area contributed by atoms with Crippen LogP contribution in [0.5, 0.6) is 0 Å². The maximum atomic E-state index is 12.4. The predicted octanol–water partition coefficient (Wildman–Crippen LogP) is 2.50. The molecule has 0 bridgehead atoms. The summed E-state index contributed by atoms with van der Waals surface area (Å²) in [4.78, 5) is 37.8. The van der Waals surface area contributed by atoms with Gasteiger partial charge in [-0.15, -0.1) is 0 Å². The lowest BCUT2D eigenvalue weighted by Gasteiger charge is -2.29. The van der Waals surface area contributed by atoms with Crippen LogP contribution in [0.4, 0.5) is 0 Å². The van der Waals surface area contributed by atoms with E-state index in [1.165, 1.54) is 11.6 Å². The van der Waals surface area contributed by atoms with Gasteiger partial charge in [0.15, 0.2) is 5.76 Å². The number of carbonyl (C=O) groups excluding carboxylic acids is 3. The number of hydrogen-bond donors (Lipinski definition) is 1. The average Bonchev–Trinajstić information content (AvgIpc) is 3.11. The number of allylic oxidation sites excluding steroid dienone is 2. The fraction of sp³-hybridized carbons (Fsp3) is 0.286. The first-order valence-corrected chi connectivity index (χ1v) is 10.2. The molecule has 3 aliphatic rings. The molecule has 2 heterocycles. The Balaban J connectivity index is 1.51. The van der Waals surface area contributed by atoms with Crippen molar-refractivity contribution in [2.24, 2.45) is 0 Å². The maximum absolute atomic E-state index is 12.4. The van der Waals surface area contributed by atoms with Crippen molar-refractivity contribution in [3.63, 3.8) is 0 Å². The molecular weight excluding hydrogens is 424 g/mol. The number of ether oxygens (including phenoxy) is 1. The van der Waals surface area contributed by atoms with Crippen LogP contribution in [0, 0.1) is 0 Å². The van der Waals surface area contributed by atoms with Crippen LogP contribution in [-0.2, 0) is 31.1 Å². The van der Waals surface area contributed by atoms with Crippen LogP contribution in [0.25, 0.3) is 0 Å². The van der Waals surface area contributed by atoms with E-state index in [4.69, 9.17) is 4.74 Å². The first-order valence-electron chi connectivity index (χ1n) is 9.09. The Morgan fingerprint density at radius 1 is 1.11 bits per heavy atom. The monoisotopic (exact) mass is 442 g/mol. The third kappa shape index (κ3) is 3.67. The van der Waals surface area contributed by atoms with Crippen LogP contribution in [0.2, 0.25) is 0 Å². The summed E-state index contributed by atoms with van der Waals surface area (Å²) in [6.07, 6.45) is 5.90. The molecule has 1 saturated heterocycles. The highest BCUT2D eigenvalue weighted by Crippen LogP contribution is 2.32. The highest BCUT2D eigenvalue weighted by Gasteiger charge is 2.36. The van der Waals surface area contributed by atoms with Crippen LogP contribution in [0.3, 0.4) is 0 Å². The number of ketones is 1. The van der Waals surface area contributed by atoms with Gasteiger partial charge in [0.05, 0.1) is 0 Å². The van der Waals surface area contributed by atoms with Gasteiger partial charge in [0, 0.05) is 30.1 Å². The van der Waals surface area contributed by atoms with Crippen LogP contribution in [0.1, 0.15) is 24.0 Å². The lowest BCUT2D eigenvalue weighted by atomic mass is 10.00. The summed E-state index contributed by atoms with van der Waals surface area (Å²) in [5, 5.41) is 3.17. The van der Waals surface area contributed by atoms with Crippen molar-refractivity contribution in [2.75, 3.05) is 6.54 Å². The summed E-state index contributed by atoms with van der Waals surface area (Å²) >= 11 is 3.42. The van der Waals surface area contributed by atoms with Gasteiger partial charge in [0.1, 0.15) is 12.6 Å². The highest BCUT2D eigenvalue weighted by molar-refractivity contribution is 9.08. The number of halogens is 1. The van der Waals surface area contributed by atoms with Crippen molar-refractivity contribution in [1.82, 2.24) is 10.2 Å². The van der Waals surface area contributed by atoms with Crippen LogP contribution in [0.15, 0.2) is 59.5 Å². The standard InChI is InChI=1S/C21H19BrN2O4/c22-9-13-1-3-14(4-2-13)12-28-20-16-11-24(10-15(16)5-7-18(20)25)17-6-8-19(26)23-21(17)27/h1-5,7,10,17H,6,8-9,11-12H2,(H,23,26,27). The molecule has 0 aromatic heterocycles. The first-order chi connectivity index (χ1) is 13.5. The Morgan fingerprint density at radius 2 is 1.86 bits per heavy atom. The molecule has 28 heavy (non-hydrogen) atoms. The largest absolute Gasteiger partial charge is 0.484 e. The molecule has 1 aromatic carbocycles. The van der Waals surface area contributed by atoms with Gasteiger partial charge in [0.25, 0.3) is 0 Å². The number of amides is 2. The number of rotatable bonds is 5. The van der Waals surface area contributed by atoms with Gasteiger partial charge in [-0.1, -0.05) is 40.2 Å². The van der Waals surface area contributed by atoms with E-state index in [1.807, 2.05) is 35.4 Å². The fourth-order valence-corrected chi connectivity index (χ4v) is 3.92. The van der Waals surface area contributed by atoms with E-state index in [2.05, 4.69) is 21.2 Å². The zero-order chi connectivity index (χ0) is 19.7. The number of nitrogens with zero attached hydrogens (tertiary/aromatic N) is 1. The number of fused-ring (bicyclic) bond motifs is 1. The average molecular weight is 443 g/mol. The molecule has 1 aromatic rings. The highest BCUT2D eigenvalue weighted by atomic mass is 79.9. The van der Waals surface area contributed by atoms with E-state index in [0.717, 1.165) is 22.0 Å². The molecule has 2 amide bonds. The summed E-state index contributed by atoms with van der Waals surface area (Å²) in [6.45, 7) is 0.711. The van der Waals surface area contributed by atoms with Crippen molar-refractivity contribution >= 4 is 33.5 Å². The SMILES string of the molecule is O=C1CCC(N2C=C3C=CC(=O)C(OCc4ccc(CBr)cc4)=C3C2)C(=O)N1. The molecule has 1 unspecified atom stereocenters. The molecule has 1 N–H and O–H groups in total. The molecule has 144 valence electrons. The second-order valence-corrected chi connectivity index (χ2v) is 7.53. The molecule has 0 saturated carbocycles.